The molecule has 28 heavy (non-hydrogen) atoms. The van der Waals surface area contributed by atoms with E-state index in [0.717, 1.165) is 32.1 Å². The minimum absolute atomic E-state index is 0.00610. The van der Waals surface area contributed by atoms with Crippen molar-refractivity contribution in [3.8, 4) is 0 Å². The maximum Gasteiger partial charge on any atom is 0.306 e. The van der Waals surface area contributed by atoms with Crippen LogP contribution in [-0.2, 0) is 19.1 Å². The van der Waals surface area contributed by atoms with E-state index < -0.39 is 0 Å². The van der Waals surface area contributed by atoms with Gasteiger partial charge in [-0.25, -0.2) is 0 Å². The number of unbranched alkanes of at least 4 members (excludes halogenated alkanes) is 9. The van der Waals surface area contributed by atoms with E-state index >= 15 is 0 Å². The predicted octanol–water partition coefficient (Wildman–Crippen LogP) is 6.99. The Morgan fingerprint density at radius 1 is 0.714 bits per heavy atom. The smallest absolute Gasteiger partial charge is 0.306 e. The largest absolute Gasteiger partial charge is 0.465 e. The fourth-order valence-corrected chi connectivity index (χ4v) is 3.28. The molecule has 0 saturated carbocycles. The Kier molecular flexibility index (Phi) is 18.5. The van der Waals surface area contributed by atoms with Crippen LogP contribution in [0.2, 0.25) is 0 Å². The molecule has 0 radical (unpaired) electrons. The lowest BCUT2D eigenvalue weighted by Crippen LogP contribution is -2.13. The number of esters is 2. The van der Waals surface area contributed by atoms with E-state index in [9.17, 15) is 9.59 Å². The summed E-state index contributed by atoms with van der Waals surface area (Å²) < 4.78 is 10.6. The van der Waals surface area contributed by atoms with Crippen LogP contribution in [-0.4, -0.2) is 24.6 Å². The first-order valence-electron chi connectivity index (χ1n) is 11.8. The van der Waals surface area contributed by atoms with Gasteiger partial charge >= 0.3 is 11.9 Å². The Labute approximate surface area is 174 Å². The zero-order chi connectivity index (χ0) is 21.0. The van der Waals surface area contributed by atoms with E-state index in [2.05, 4.69) is 13.8 Å². The van der Waals surface area contributed by atoms with Crippen molar-refractivity contribution in [2.24, 2.45) is 5.92 Å². The standard InChI is InChI=1S/C24H46O4/c1-5-7-17-22(6-2)20-27-23(25)18-15-13-11-9-8-10-12-14-16-19-24(26)28-21(3)4/h21-22H,5-20H2,1-4H3. The van der Waals surface area contributed by atoms with Crippen molar-refractivity contribution in [1.29, 1.82) is 0 Å². The molecule has 0 aliphatic rings. The van der Waals surface area contributed by atoms with Gasteiger partial charge in [-0.2, -0.15) is 0 Å². The Balaban J connectivity index is 3.38. The molecule has 1 unspecified atom stereocenters. The summed E-state index contributed by atoms with van der Waals surface area (Å²) >= 11 is 0. The van der Waals surface area contributed by atoms with Crippen LogP contribution < -0.4 is 0 Å². The van der Waals surface area contributed by atoms with Crippen LogP contribution in [0.1, 0.15) is 124 Å². The van der Waals surface area contributed by atoms with Crippen molar-refractivity contribution in [1.82, 2.24) is 0 Å². The quantitative estimate of drug-likeness (QED) is 0.174. The summed E-state index contributed by atoms with van der Waals surface area (Å²) in [6.07, 6.45) is 16.0. The second kappa shape index (κ2) is 19.3. The SMILES string of the molecule is CCCCC(CC)COC(=O)CCCCCCCCCCCC(=O)OC(C)C. The Bertz CT molecular complexity index is 379. The van der Waals surface area contributed by atoms with E-state index in [4.69, 9.17) is 9.47 Å². The molecule has 0 aromatic rings. The molecule has 0 amide bonds. The number of rotatable bonds is 19. The minimum Gasteiger partial charge on any atom is -0.465 e. The molecule has 0 rings (SSSR count). The van der Waals surface area contributed by atoms with Gasteiger partial charge < -0.3 is 9.47 Å². The topological polar surface area (TPSA) is 52.6 Å². The lowest BCUT2D eigenvalue weighted by molar-refractivity contribution is -0.147. The van der Waals surface area contributed by atoms with Crippen LogP contribution in [0.25, 0.3) is 0 Å². The Morgan fingerprint density at radius 3 is 1.68 bits per heavy atom. The normalized spacial score (nSPS) is 12.2. The number of ether oxygens (including phenoxy) is 2. The minimum atomic E-state index is -0.0697. The van der Waals surface area contributed by atoms with Gasteiger partial charge in [-0.3, -0.25) is 9.59 Å². The fraction of sp³-hybridized carbons (Fsp3) is 0.917. The third-order valence-corrected chi connectivity index (χ3v) is 5.15. The molecule has 1 atom stereocenters. The summed E-state index contributed by atoms with van der Waals surface area (Å²) in [4.78, 5) is 23.2. The molecule has 0 aliphatic carbocycles. The molecular formula is C24H46O4. The van der Waals surface area contributed by atoms with Gasteiger partial charge in [-0.1, -0.05) is 78.1 Å². The number of carbonyl (C=O) groups excluding carboxylic acids is 2. The van der Waals surface area contributed by atoms with Crippen LogP contribution in [0.5, 0.6) is 0 Å². The fourth-order valence-electron chi connectivity index (χ4n) is 3.28. The average Bonchev–Trinajstić information content (AvgIpc) is 2.65. The average molecular weight is 399 g/mol. The molecule has 0 aromatic heterocycles. The van der Waals surface area contributed by atoms with Crippen LogP contribution in [0, 0.1) is 5.92 Å². The van der Waals surface area contributed by atoms with E-state index in [1.807, 2.05) is 13.8 Å². The summed E-state index contributed by atoms with van der Waals surface area (Å²) in [6, 6.07) is 0. The molecule has 4 nitrogen and oxygen atoms in total. The summed E-state index contributed by atoms with van der Waals surface area (Å²) in [7, 11) is 0. The highest BCUT2D eigenvalue weighted by molar-refractivity contribution is 5.69. The van der Waals surface area contributed by atoms with Gasteiger partial charge in [0.15, 0.2) is 0 Å². The third kappa shape index (κ3) is 18.3. The van der Waals surface area contributed by atoms with E-state index in [1.165, 1.54) is 51.4 Å². The molecule has 0 saturated heterocycles. The van der Waals surface area contributed by atoms with Crippen molar-refractivity contribution < 1.29 is 19.1 Å². The molecule has 0 aromatic carbocycles. The molecular weight excluding hydrogens is 352 g/mol. The molecule has 0 spiro atoms. The van der Waals surface area contributed by atoms with Crippen LogP contribution in [0.3, 0.4) is 0 Å². The highest BCUT2D eigenvalue weighted by Gasteiger charge is 2.09. The zero-order valence-electron chi connectivity index (χ0n) is 19.1. The maximum absolute atomic E-state index is 11.8. The first kappa shape index (κ1) is 26.9. The highest BCUT2D eigenvalue weighted by Crippen LogP contribution is 2.15. The molecule has 4 heteroatoms. The second-order valence-electron chi connectivity index (χ2n) is 8.32. The Hall–Kier alpha value is -1.06. The highest BCUT2D eigenvalue weighted by atomic mass is 16.5. The van der Waals surface area contributed by atoms with E-state index in [-0.39, 0.29) is 18.0 Å². The zero-order valence-corrected chi connectivity index (χ0v) is 19.1. The van der Waals surface area contributed by atoms with Gasteiger partial charge in [-0.05, 0) is 39.0 Å². The van der Waals surface area contributed by atoms with Gasteiger partial charge in [0.1, 0.15) is 0 Å². The van der Waals surface area contributed by atoms with Crippen LogP contribution in [0.4, 0.5) is 0 Å². The van der Waals surface area contributed by atoms with Gasteiger partial charge in [0.25, 0.3) is 0 Å². The summed E-state index contributed by atoms with van der Waals surface area (Å²) in [5, 5.41) is 0. The number of hydrogen-bond donors (Lipinski definition) is 0. The van der Waals surface area contributed by atoms with Crippen molar-refractivity contribution >= 4 is 11.9 Å². The van der Waals surface area contributed by atoms with Crippen molar-refractivity contribution in [3.63, 3.8) is 0 Å². The first-order valence-corrected chi connectivity index (χ1v) is 11.8. The Morgan fingerprint density at radius 2 is 1.21 bits per heavy atom. The molecule has 0 N–H and O–H groups in total. The van der Waals surface area contributed by atoms with E-state index in [1.54, 1.807) is 0 Å². The van der Waals surface area contributed by atoms with Crippen molar-refractivity contribution in [2.45, 2.75) is 130 Å². The van der Waals surface area contributed by atoms with Crippen molar-refractivity contribution in [3.05, 3.63) is 0 Å². The molecule has 0 heterocycles. The lowest BCUT2D eigenvalue weighted by Gasteiger charge is -2.14. The summed E-state index contributed by atoms with van der Waals surface area (Å²) in [6.45, 7) is 8.75. The van der Waals surface area contributed by atoms with Crippen LogP contribution in [0.15, 0.2) is 0 Å². The molecule has 0 bridgehead atoms. The van der Waals surface area contributed by atoms with Crippen LogP contribution >= 0.6 is 0 Å². The molecule has 0 fully saturated rings. The summed E-state index contributed by atoms with van der Waals surface area (Å²) in [5.41, 5.74) is 0. The van der Waals surface area contributed by atoms with E-state index in [0.29, 0.717) is 25.4 Å². The monoisotopic (exact) mass is 398 g/mol. The van der Waals surface area contributed by atoms with Gasteiger partial charge in [0.2, 0.25) is 0 Å². The summed E-state index contributed by atoms with van der Waals surface area (Å²) in [5.74, 6) is 0.440. The number of carbonyl (C=O) groups is 2. The molecule has 0 aliphatic heterocycles. The third-order valence-electron chi connectivity index (χ3n) is 5.15. The van der Waals surface area contributed by atoms with Gasteiger partial charge in [0, 0.05) is 12.8 Å². The second-order valence-corrected chi connectivity index (χ2v) is 8.32. The predicted molar refractivity (Wildman–Crippen MR) is 116 cm³/mol. The van der Waals surface area contributed by atoms with Crippen molar-refractivity contribution in [2.75, 3.05) is 6.61 Å². The lowest BCUT2D eigenvalue weighted by atomic mass is 10.0. The number of hydrogen-bond acceptors (Lipinski definition) is 4. The first-order chi connectivity index (χ1) is 13.5. The molecule has 166 valence electrons. The maximum atomic E-state index is 11.8. The van der Waals surface area contributed by atoms with Gasteiger partial charge in [-0.15, -0.1) is 0 Å². The van der Waals surface area contributed by atoms with Gasteiger partial charge in [0.05, 0.1) is 12.7 Å².